The molecule has 0 radical (unpaired) electrons. The second-order valence-electron chi connectivity index (χ2n) is 5.27. The van der Waals surface area contributed by atoms with E-state index in [2.05, 4.69) is 10.5 Å². The molecule has 1 heterocycles. The summed E-state index contributed by atoms with van der Waals surface area (Å²) in [5.74, 6) is 0. The summed E-state index contributed by atoms with van der Waals surface area (Å²) in [4.78, 5) is 10.2. The highest BCUT2D eigenvalue weighted by Gasteiger charge is 2.30. The summed E-state index contributed by atoms with van der Waals surface area (Å²) in [5, 5.41) is 15.1. The number of nitro benzene ring substituents is 1. The Balaban J connectivity index is 2.47. The zero-order chi connectivity index (χ0) is 17.7. The lowest BCUT2D eigenvalue weighted by atomic mass is 10.3. The van der Waals surface area contributed by atoms with Gasteiger partial charge in [0.2, 0.25) is 10.0 Å². The number of morpholine rings is 1. The lowest BCUT2D eigenvalue weighted by Crippen LogP contribution is -2.40. The Kier molecular flexibility index (Phi) is 5.86. The molecule has 0 atom stereocenters. The van der Waals surface area contributed by atoms with E-state index in [1.54, 1.807) is 6.92 Å². The zero-order valence-electron chi connectivity index (χ0n) is 13.6. The van der Waals surface area contributed by atoms with E-state index in [-0.39, 0.29) is 29.4 Å². The van der Waals surface area contributed by atoms with E-state index in [1.807, 2.05) is 6.92 Å². The summed E-state index contributed by atoms with van der Waals surface area (Å²) in [6.07, 6.45) is 0.700. The van der Waals surface area contributed by atoms with Gasteiger partial charge in [0.1, 0.15) is 4.90 Å². The maximum atomic E-state index is 12.9. The monoisotopic (exact) mass is 356 g/mol. The van der Waals surface area contributed by atoms with Gasteiger partial charge in [0, 0.05) is 30.9 Å². The van der Waals surface area contributed by atoms with Crippen LogP contribution in [0.4, 0.5) is 11.4 Å². The molecule has 1 aliphatic heterocycles. The van der Waals surface area contributed by atoms with Crippen LogP contribution in [0.2, 0.25) is 0 Å². The summed E-state index contributed by atoms with van der Waals surface area (Å²) in [6, 6.07) is 3.67. The Labute approximate surface area is 140 Å². The van der Waals surface area contributed by atoms with Crippen molar-refractivity contribution in [2.24, 2.45) is 5.10 Å². The van der Waals surface area contributed by atoms with E-state index >= 15 is 0 Å². The highest BCUT2D eigenvalue weighted by molar-refractivity contribution is 7.89. The molecule has 10 heteroatoms. The molecule has 1 aromatic rings. The third-order valence-corrected chi connectivity index (χ3v) is 5.58. The SMILES string of the molecule is CC/C(C)=N\Nc1ccc([N+](=O)[O-])cc1S(=O)(=O)N1CCOCC1. The largest absolute Gasteiger partial charge is 0.379 e. The number of ether oxygens (including phenoxy) is 1. The van der Waals surface area contributed by atoms with Crippen LogP contribution in [0.3, 0.4) is 0 Å². The maximum absolute atomic E-state index is 12.9. The van der Waals surface area contributed by atoms with Crippen molar-refractivity contribution in [3.8, 4) is 0 Å². The summed E-state index contributed by atoms with van der Waals surface area (Å²) in [6.45, 7) is 4.73. The van der Waals surface area contributed by atoms with Gasteiger partial charge in [0.15, 0.2) is 0 Å². The maximum Gasteiger partial charge on any atom is 0.270 e. The second-order valence-corrected chi connectivity index (χ2v) is 7.17. The first-order valence-corrected chi connectivity index (χ1v) is 8.95. The summed E-state index contributed by atoms with van der Waals surface area (Å²) in [7, 11) is -3.89. The number of anilines is 1. The van der Waals surface area contributed by atoms with Crippen LogP contribution in [0.15, 0.2) is 28.2 Å². The molecule has 0 amide bonds. The van der Waals surface area contributed by atoms with E-state index < -0.39 is 14.9 Å². The Bertz CT molecular complexity index is 742. The number of nitrogens with one attached hydrogen (secondary N) is 1. The van der Waals surface area contributed by atoms with Gasteiger partial charge in [-0.05, 0) is 19.4 Å². The van der Waals surface area contributed by atoms with E-state index in [9.17, 15) is 18.5 Å². The standard InChI is InChI=1S/C14H20N4O5S/c1-3-11(2)15-16-13-5-4-12(18(19)20)10-14(13)24(21,22)17-6-8-23-9-7-17/h4-5,10,16H,3,6-9H2,1-2H3/b15-11-. The number of nitrogens with zero attached hydrogens (tertiary/aromatic N) is 3. The molecule has 1 fully saturated rings. The first-order chi connectivity index (χ1) is 11.4. The van der Waals surface area contributed by atoms with Gasteiger partial charge in [-0.25, -0.2) is 8.42 Å². The predicted octanol–water partition coefficient (Wildman–Crippen LogP) is 1.81. The van der Waals surface area contributed by atoms with Gasteiger partial charge in [-0.15, -0.1) is 0 Å². The molecule has 132 valence electrons. The molecular formula is C14H20N4O5S. The average molecular weight is 356 g/mol. The zero-order valence-corrected chi connectivity index (χ0v) is 14.4. The smallest absolute Gasteiger partial charge is 0.270 e. The molecule has 0 saturated carbocycles. The highest BCUT2D eigenvalue weighted by atomic mass is 32.2. The van der Waals surface area contributed by atoms with Crippen molar-refractivity contribution in [3.05, 3.63) is 28.3 Å². The lowest BCUT2D eigenvalue weighted by Gasteiger charge is -2.26. The van der Waals surface area contributed by atoms with Gasteiger partial charge in [-0.1, -0.05) is 6.92 Å². The van der Waals surface area contributed by atoms with Crippen LogP contribution in [0.1, 0.15) is 20.3 Å². The van der Waals surface area contributed by atoms with E-state index in [4.69, 9.17) is 4.74 Å². The summed E-state index contributed by atoms with van der Waals surface area (Å²) < 4.78 is 32.1. The van der Waals surface area contributed by atoms with E-state index in [1.165, 1.54) is 16.4 Å². The number of nitro groups is 1. The molecular weight excluding hydrogens is 336 g/mol. The summed E-state index contributed by atoms with van der Waals surface area (Å²) in [5.41, 5.74) is 3.40. The molecule has 0 aliphatic carbocycles. The fraction of sp³-hybridized carbons (Fsp3) is 0.500. The molecule has 1 aromatic carbocycles. The fourth-order valence-corrected chi connectivity index (χ4v) is 3.66. The molecule has 0 spiro atoms. The van der Waals surface area contributed by atoms with Gasteiger partial charge in [0.25, 0.3) is 5.69 Å². The van der Waals surface area contributed by atoms with E-state index in [0.717, 1.165) is 11.8 Å². The Morgan fingerprint density at radius 2 is 2.08 bits per heavy atom. The van der Waals surface area contributed by atoms with E-state index in [0.29, 0.717) is 19.6 Å². The van der Waals surface area contributed by atoms with Crippen molar-refractivity contribution in [1.29, 1.82) is 0 Å². The Morgan fingerprint density at radius 3 is 2.67 bits per heavy atom. The number of hydrazone groups is 1. The minimum absolute atomic E-state index is 0.161. The van der Waals surface area contributed by atoms with Crippen LogP contribution < -0.4 is 5.43 Å². The average Bonchev–Trinajstić information content (AvgIpc) is 2.60. The quantitative estimate of drug-likeness (QED) is 0.472. The Hall–Kier alpha value is -2.04. The van der Waals surface area contributed by atoms with Crippen molar-refractivity contribution >= 4 is 27.1 Å². The van der Waals surface area contributed by atoms with Crippen molar-refractivity contribution in [2.45, 2.75) is 25.2 Å². The van der Waals surface area contributed by atoms with Crippen molar-refractivity contribution in [3.63, 3.8) is 0 Å². The predicted molar refractivity (Wildman–Crippen MR) is 89.7 cm³/mol. The van der Waals surface area contributed by atoms with Crippen LogP contribution in [0, 0.1) is 10.1 Å². The molecule has 24 heavy (non-hydrogen) atoms. The topological polar surface area (TPSA) is 114 Å². The van der Waals surface area contributed by atoms with Crippen LogP contribution in [0.5, 0.6) is 0 Å². The fourth-order valence-electron chi connectivity index (χ4n) is 2.09. The lowest BCUT2D eigenvalue weighted by molar-refractivity contribution is -0.385. The van der Waals surface area contributed by atoms with Crippen LogP contribution in [0.25, 0.3) is 0 Å². The number of hydrogen-bond donors (Lipinski definition) is 1. The highest BCUT2D eigenvalue weighted by Crippen LogP contribution is 2.29. The van der Waals surface area contributed by atoms with Gasteiger partial charge in [-0.3, -0.25) is 15.5 Å². The second kappa shape index (κ2) is 7.69. The molecule has 2 rings (SSSR count). The number of sulfonamides is 1. The molecule has 9 nitrogen and oxygen atoms in total. The van der Waals surface area contributed by atoms with Gasteiger partial charge >= 0.3 is 0 Å². The number of hydrogen-bond acceptors (Lipinski definition) is 7. The van der Waals surface area contributed by atoms with Crippen molar-refractivity contribution in [2.75, 3.05) is 31.7 Å². The number of rotatable bonds is 6. The van der Waals surface area contributed by atoms with Crippen LogP contribution in [-0.2, 0) is 14.8 Å². The van der Waals surface area contributed by atoms with Gasteiger partial charge in [-0.2, -0.15) is 9.41 Å². The third-order valence-electron chi connectivity index (χ3n) is 3.64. The Morgan fingerprint density at radius 1 is 1.42 bits per heavy atom. The normalized spacial score (nSPS) is 16.8. The van der Waals surface area contributed by atoms with Gasteiger partial charge in [0.05, 0.1) is 23.8 Å². The molecule has 0 unspecified atom stereocenters. The molecule has 0 aromatic heterocycles. The minimum atomic E-state index is -3.89. The van der Waals surface area contributed by atoms with Gasteiger partial charge < -0.3 is 4.74 Å². The van der Waals surface area contributed by atoms with Crippen LogP contribution in [-0.4, -0.2) is 49.7 Å². The number of benzene rings is 1. The molecule has 1 N–H and O–H groups in total. The third kappa shape index (κ3) is 4.08. The molecule has 1 aliphatic rings. The molecule has 0 bridgehead atoms. The summed E-state index contributed by atoms with van der Waals surface area (Å²) >= 11 is 0. The first kappa shape index (κ1) is 18.3. The minimum Gasteiger partial charge on any atom is -0.379 e. The van der Waals surface area contributed by atoms with Crippen molar-refractivity contribution < 1.29 is 18.1 Å². The van der Waals surface area contributed by atoms with Crippen molar-refractivity contribution in [1.82, 2.24) is 4.31 Å². The first-order valence-electron chi connectivity index (χ1n) is 7.51. The number of non-ortho nitro benzene ring substituents is 1. The molecule has 1 saturated heterocycles. The van der Waals surface area contributed by atoms with Crippen LogP contribution >= 0.6 is 0 Å².